The van der Waals surface area contributed by atoms with Crippen LogP contribution >= 0.6 is 0 Å². The van der Waals surface area contributed by atoms with Gasteiger partial charge in [-0.25, -0.2) is 0 Å². The molecule has 0 amide bonds. The second-order valence-corrected chi connectivity index (χ2v) is 7.30. The van der Waals surface area contributed by atoms with Crippen molar-refractivity contribution in [2.45, 2.75) is 52.7 Å². The average Bonchev–Trinajstić information content (AvgIpc) is 2.46. The highest BCUT2D eigenvalue weighted by Gasteiger charge is 2.31. The highest BCUT2D eigenvalue weighted by Crippen LogP contribution is 2.35. The normalized spacial score (nSPS) is 12.5. The summed E-state index contributed by atoms with van der Waals surface area (Å²) in [4.78, 5) is 11.4. The number of esters is 1. The molecule has 146 valence electrons. The van der Waals surface area contributed by atoms with E-state index in [9.17, 15) is 20.1 Å². The van der Waals surface area contributed by atoms with Gasteiger partial charge in [-0.3, -0.25) is 4.79 Å². The van der Waals surface area contributed by atoms with Crippen LogP contribution in [0.1, 0.15) is 37.5 Å². The van der Waals surface area contributed by atoms with E-state index in [2.05, 4.69) is 0 Å². The lowest BCUT2D eigenvalue weighted by Gasteiger charge is -2.29. The van der Waals surface area contributed by atoms with Gasteiger partial charge in [0.15, 0.2) is 0 Å². The first-order valence-electron chi connectivity index (χ1n) is 8.66. The van der Waals surface area contributed by atoms with E-state index < -0.39 is 17.7 Å². The second-order valence-electron chi connectivity index (χ2n) is 7.30. The number of aromatic hydroxyl groups is 2. The molecule has 0 aromatic heterocycles. The topological polar surface area (TPSA) is 96.2 Å². The Hall–Kier alpha value is -2.73. The molecule has 0 aliphatic heterocycles. The van der Waals surface area contributed by atoms with Crippen molar-refractivity contribution in [2.24, 2.45) is 0 Å². The minimum Gasteiger partial charge on any atom is -0.508 e. The molecule has 2 aromatic rings. The Morgan fingerprint density at radius 3 is 2.26 bits per heavy atom. The molecular weight excluding hydrogens is 348 g/mol. The Kier molecular flexibility index (Phi) is 6.01. The molecule has 0 aliphatic rings. The van der Waals surface area contributed by atoms with Crippen LogP contribution in [-0.4, -0.2) is 33.0 Å². The van der Waals surface area contributed by atoms with Crippen molar-refractivity contribution < 1.29 is 29.6 Å². The fourth-order valence-corrected chi connectivity index (χ4v) is 2.85. The lowest BCUT2D eigenvalue weighted by atomic mass is 9.92. The Morgan fingerprint density at radius 1 is 1.07 bits per heavy atom. The number of phenolic OH excluding ortho intramolecular Hbond substituents is 2. The molecule has 6 heteroatoms. The van der Waals surface area contributed by atoms with Crippen molar-refractivity contribution in [3.05, 3.63) is 47.0 Å². The van der Waals surface area contributed by atoms with E-state index in [1.165, 1.54) is 19.1 Å². The fourth-order valence-electron chi connectivity index (χ4n) is 2.85. The predicted molar refractivity (Wildman–Crippen MR) is 101 cm³/mol. The molecule has 1 atom stereocenters. The van der Waals surface area contributed by atoms with Crippen molar-refractivity contribution in [3.8, 4) is 23.0 Å². The van der Waals surface area contributed by atoms with Crippen LogP contribution in [0.4, 0.5) is 0 Å². The van der Waals surface area contributed by atoms with E-state index in [1.807, 2.05) is 6.92 Å². The quantitative estimate of drug-likeness (QED) is 0.667. The number of benzene rings is 2. The van der Waals surface area contributed by atoms with Gasteiger partial charge in [0.25, 0.3) is 0 Å². The highest BCUT2D eigenvalue weighted by atomic mass is 16.6. The zero-order valence-electron chi connectivity index (χ0n) is 16.2. The van der Waals surface area contributed by atoms with Gasteiger partial charge in [-0.15, -0.1) is 0 Å². The number of aryl methyl sites for hydroxylation is 2. The lowest BCUT2D eigenvalue weighted by Crippen LogP contribution is -2.41. The van der Waals surface area contributed by atoms with E-state index in [1.54, 1.807) is 39.0 Å². The molecule has 0 radical (unpaired) electrons. The summed E-state index contributed by atoms with van der Waals surface area (Å²) in [6.45, 7) is 8.04. The van der Waals surface area contributed by atoms with Gasteiger partial charge in [-0.2, -0.15) is 0 Å². The van der Waals surface area contributed by atoms with Crippen LogP contribution < -0.4 is 4.74 Å². The molecule has 0 unspecified atom stereocenters. The zero-order valence-corrected chi connectivity index (χ0v) is 16.2. The van der Waals surface area contributed by atoms with Crippen LogP contribution in [0.5, 0.6) is 23.0 Å². The largest absolute Gasteiger partial charge is 0.508 e. The van der Waals surface area contributed by atoms with Crippen molar-refractivity contribution in [1.29, 1.82) is 0 Å². The molecule has 0 fully saturated rings. The Morgan fingerprint density at radius 2 is 1.70 bits per heavy atom. The number of carbonyl (C=O) groups is 1. The zero-order chi connectivity index (χ0) is 20.4. The van der Waals surface area contributed by atoms with Crippen LogP contribution in [0.15, 0.2) is 30.3 Å². The minimum atomic E-state index is -1.27. The summed E-state index contributed by atoms with van der Waals surface area (Å²) < 4.78 is 11.2. The van der Waals surface area contributed by atoms with Gasteiger partial charge < -0.3 is 24.8 Å². The van der Waals surface area contributed by atoms with Crippen LogP contribution in [0.3, 0.4) is 0 Å². The van der Waals surface area contributed by atoms with E-state index in [4.69, 9.17) is 9.47 Å². The van der Waals surface area contributed by atoms with E-state index in [-0.39, 0.29) is 17.9 Å². The molecule has 0 saturated carbocycles. The first kappa shape index (κ1) is 20.6. The summed E-state index contributed by atoms with van der Waals surface area (Å²) in [6.07, 6.45) is -0.603. The molecular formula is C21H26O6. The Bertz CT molecular complexity index is 815. The molecule has 27 heavy (non-hydrogen) atoms. The van der Waals surface area contributed by atoms with Crippen molar-refractivity contribution >= 4 is 5.97 Å². The molecule has 6 nitrogen and oxygen atoms in total. The van der Waals surface area contributed by atoms with E-state index in [0.29, 0.717) is 17.1 Å². The first-order valence-corrected chi connectivity index (χ1v) is 8.66. The predicted octanol–water partition coefficient (Wildman–Crippen LogP) is 3.75. The highest BCUT2D eigenvalue weighted by molar-refractivity contribution is 5.66. The third kappa shape index (κ3) is 5.62. The summed E-state index contributed by atoms with van der Waals surface area (Å²) >= 11 is 0. The summed E-state index contributed by atoms with van der Waals surface area (Å²) in [5.41, 5.74) is 0.956. The summed E-state index contributed by atoms with van der Waals surface area (Å²) in [5.74, 6) is 0.364. The molecule has 0 heterocycles. The molecule has 0 aliphatic carbocycles. The SMILES string of the molecule is CC(=O)O[C@@H](Cc1c(C)cc(O)cc1Oc1cc(C)cc(O)c1)C(C)(C)O. The van der Waals surface area contributed by atoms with E-state index >= 15 is 0 Å². The summed E-state index contributed by atoms with van der Waals surface area (Å²) in [6, 6.07) is 7.85. The number of hydrogen-bond donors (Lipinski definition) is 3. The average molecular weight is 374 g/mol. The van der Waals surface area contributed by atoms with Gasteiger partial charge in [-0.1, -0.05) is 0 Å². The fraction of sp³-hybridized carbons (Fsp3) is 0.381. The van der Waals surface area contributed by atoms with Crippen LogP contribution in [0, 0.1) is 13.8 Å². The number of carbonyl (C=O) groups excluding carboxylic acids is 1. The number of hydrogen-bond acceptors (Lipinski definition) is 6. The Labute approximate surface area is 159 Å². The number of ether oxygens (including phenoxy) is 2. The third-order valence-corrected chi connectivity index (χ3v) is 4.17. The lowest BCUT2D eigenvalue weighted by molar-refractivity contribution is -0.159. The standard InChI is InChI=1S/C21H26O6/c1-12-6-15(23)9-17(7-12)27-19-10-16(24)8-13(2)18(19)11-20(21(4,5)25)26-14(3)22/h6-10,20,23-25H,11H2,1-5H3/t20-/m0/s1. The monoisotopic (exact) mass is 374 g/mol. The van der Waals surface area contributed by atoms with Crippen molar-refractivity contribution in [2.75, 3.05) is 0 Å². The molecule has 2 aromatic carbocycles. The Balaban J connectivity index is 2.45. The molecule has 0 spiro atoms. The van der Waals surface area contributed by atoms with Crippen LogP contribution in [0.2, 0.25) is 0 Å². The van der Waals surface area contributed by atoms with Crippen LogP contribution in [-0.2, 0) is 16.0 Å². The van der Waals surface area contributed by atoms with Gasteiger partial charge in [0.2, 0.25) is 0 Å². The number of rotatable bonds is 6. The maximum Gasteiger partial charge on any atom is 0.303 e. The van der Waals surface area contributed by atoms with Gasteiger partial charge in [0, 0.05) is 31.0 Å². The molecule has 0 saturated heterocycles. The van der Waals surface area contributed by atoms with Crippen molar-refractivity contribution in [1.82, 2.24) is 0 Å². The van der Waals surface area contributed by atoms with Gasteiger partial charge in [0.1, 0.15) is 29.1 Å². The summed E-state index contributed by atoms with van der Waals surface area (Å²) in [7, 11) is 0. The van der Waals surface area contributed by atoms with E-state index in [0.717, 1.165) is 11.1 Å². The van der Waals surface area contributed by atoms with Gasteiger partial charge in [0.05, 0.1) is 5.60 Å². The molecule has 3 N–H and O–H groups in total. The molecule has 0 bridgehead atoms. The second kappa shape index (κ2) is 7.88. The minimum absolute atomic E-state index is 0.0235. The smallest absolute Gasteiger partial charge is 0.303 e. The molecule has 2 rings (SSSR count). The van der Waals surface area contributed by atoms with Gasteiger partial charge in [-0.05, 0) is 57.0 Å². The number of aliphatic hydroxyl groups is 1. The summed E-state index contributed by atoms with van der Waals surface area (Å²) in [5, 5.41) is 30.1. The van der Waals surface area contributed by atoms with Crippen LogP contribution in [0.25, 0.3) is 0 Å². The first-order chi connectivity index (χ1) is 12.5. The maximum absolute atomic E-state index is 11.4. The maximum atomic E-state index is 11.4. The van der Waals surface area contributed by atoms with Gasteiger partial charge >= 0.3 is 5.97 Å². The van der Waals surface area contributed by atoms with Crippen molar-refractivity contribution in [3.63, 3.8) is 0 Å². The third-order valence-electron chi connectivity index (χ3n) is 4.17. The number of phenols is 2.